The maximum absolute atomic E-state index is 13.8. The van der Waals surface area contributed by atoms with Crippen molar-refractivity contribution >= 4 is 17.5 Å². The molecule has 0 aromatic heterocycles. The molecule has 4 nitrogen and oxygen atoms in total. The third-order valence-corrected chi connectivity index (χ3v) is 10.7. The normalized spacial score (nSPS) is 40.0. The number of allylic oxidation sites excluding steroid dienone is 2. The lowest BCUT2D eigenvalue weighted by molar-refractivity contribution is -0.140. The number of Topliss-reactive ketones (excluding diaryl/α,β-unsaturated/α-hetero) is 2. The van der Waals surface area contributed by atoms with E-state index in [0.717, 1.165) is 56.1 Å². The van der Waals surface area contributed by atoms with Gasteiger partial charge in [0, 0.05) is 24.3 Å². The lowest BCUT2D eigenvalue weighted by atomic mass is 9.48. The smallest absolute Gasteiger partial charge is 0.310 e. The molecule has 4 aliphatic rings. The molecular formula is C29H42O4. The van der Waals surface area contributed by atoms with Crippen LogP contribution < -0.4 is 0 Å². The van der Waals surface area contributed by atoms with E-state index in [2.05, 4.69) is 34.3 Å². The van der Waals surface area contributed by atoms with Gasteiger partial charge in [0.15, 0.2) is 5.78 Å². The number of hydrogen-bond acceptors (Lipinski definition) is 3. The van der Waals surface area contributed by atoms with E-state index in [1.165, 1.54) is 5.57 Å². The van der Waals surface area contributed by atoms with E-state index in [9.17, 15) is 19.5 Å². The lowest BCUT2D eigenvalue weighted by Crippen LogP contribution is -2.50. The number of carbonyl (C=O) groups excluding carboxylic acids is 2. The second-order valence-electron chi connectivity index (χ2n) is 12.3. The number of aliphatic carboxylic acids is 1. The molecule has 0 aliphatic heterocycles. The van der Waals surface area contributed by atoms with Crippen molar-refractivity contribution in [3.05, 3.63) is 23.3 Å². The average Bonchev–Trinajstić information content (AvgIpc) is 3.10. The second kappa shape index (κ2) is 8.50. The highest BCUT2D eigenvalue weighted by molar-refractivity contribution is 6.00. The second-order valence-corrected chi connectivity index (χ2v) is 12.3. The van der Waals surface area contributed by atoms with Gasteiger partial charge in [0.1, 0.15) is 5.78 Å². The molecule has 0 heterocycles. The molecule has 8 atom stereocenters. The summed E-state index contributed by atoms with van der Waals surface area (Å²) in [6, 6.07) is 0. The Hall–Kier alpha value is -1.71. The Bertz CT molecular complexity index is 913. The molecule has 0 radical (unpaired) electrons. The van der Waals surface area contributed by atoms with Crippen LogP contribution in [0.2, 0.25) is 0 Å². The number of carboxylic acids is 1. The molecule has 4 aliphatic carbocycles. The molecule has 4 rings (SSSR count). The highest BCUT2D eigenvalue weighted by atomic mass is 16.4. The quantitative estimate of drug-likeness (QED) is 0.472. The first-order valence-corrected chi connectivity index (χ1v) is 13.1. The van der Waals surface area contributed by atoms with Crippen LogP contribution in [0, 0.1) is 46.3 Å². The van der Waals surface area contributed by atoms with Gasteiger partial charge in [0.2, 0.25) is 0 Å². The summed E-state index contributed by atoms with van der Waals surface area (Å²) >= 11 is 0. The minimum absolute atomic E-state index is 0.00558. The summed E-state index contributed by atoms with van der Waals surface area (Å²) in [6.07, 6.45) is 8.05. The maximum Gasteiger partial charge on any atom is 0.310 e. The van der Waals surface area contributed by atoms with Gasteiger partial charge in [0.25, 0.3) is 0 Å². The zero-order chi connectivity index (χ0) is 24.3. The molecule has 33 heavy (non-hydrogen) atoms. The summed E-state index contributed by atoms with van der Waals surface area (Å²) in [5.41, 5.74) is 3.22. The van der Waals surface area contributed by atoms with Crippen molar-refractivity contribution in [2.24, 2.45) is 46.3 Å². The number of ketones is 2. The number of carboxylic acid groups (broad SMARTS) is 1. The van der Waals surface area contributed by atoms with Gasteiger partial charge in [-0.15, -0.1) is 0 Å². The summed E-state index contributed by atoms with van der Waals surface area (Å²) in [5, 5.41) is 9.28. The van der Waals surface area contributed by atoms with Crippen LogP contribution in [0.3, 0.4) is 0 Å². The summed E-state index contributed by atoms with van der Waals surface area (Å²) in [6.45, 7) is 14.7. The predicted octanol–water partition coefficient (Wildman–Crippen LogP) is 6.40. The van der Waals surface area contributed by atoms with Crippen LogP contribution in [-0.2, 0) is 14.4 Å². The Kier molecular flexibility index (Phi) is 6.29. The van der Waals surface area contributed by atoms with E-state index in [-0.39, 0.29) is 16.7 Å². The maximum atomic E-state index is 13.8. The zero-order valence-corrected chi connectivity index (χ0v) is 21.2. The van der Waals surface area contributed by atoms with Crippen molar-refractivity contribution in [2.75, 3.05) is 0 Å². The predicted molar refractivity (Wildman–Crippen MR) is 130 cm³/mol. The first-order chi connectivity index (χ1) is 15.4. The number of hydrogen-bond donors (Lipinski definition) is 1. The molecule has 182 valence electrons. The lowest BCUT2D eigenvalue weighted by Gasteiger charge is -2.54. The van der Waals surface area contributed by atoms with Crippen LogP contribution in [0.15, 0.2) is 23.3 Å². The SMILES string of the molecule is C=C(CC[C@@H](C)[C@H]1CCC2C3=C(C(=O)C[C@@]21C)[C@@]1(C)CCC(=O)[C@@H](C)C1CC3)C(C)C(=O)O. The average molecular weight is 455 g/mol. The molecule has 0 bridgehead atoms. The Balaban J connectivity index is 1.56. The standard InChI is InChI=1S/C29H42O4/c1-16(18(3)27(32)33)7-8-17(2)21-11-12-23-20-9-10-22-19(4)24(30)13-14-28(22,5)26(20)25(31)15-29(21,23)6/h17-19,21-23H,1,7-15H2,2-6H3,(H,32,33)/t17-,18?,19+,21-,22?,23?,28+,29-/m1/s1. The van der Waals surface area contributed by atoms with Crippen LogP contribution in [0.5, 0.6) is 0 Å². The fourth-order valence-corrected chi connectivity index (χ4v) is 8.56. The van der Waals surface area contributed by atoms with Crippen LogP contribution in [0.1, 0.15) is 92.4 Å². The van der Waals surface area contributed by atoms with Crippen molar-refractivity contribution < 1.29 is 19.5 Å². The largest absolute Gasteiger partial charge is 0.481 e. The van der Waals surface area contributed by atoms with Gasteiger partial charge < -0.3 is 5.11 Å². The zero-order valence-electron chi connectivity index (χ0n) is 21.2. The van der Waals surface area contributed by atoms with Crippen molar-refractivity contribution in [1.29, 1.82) is 0 Å². The van der Waals surface area contributed by atoms with Gasteiger partial charge in [-0.05, 0) is 86.4 Å². The van der Waals surface area contributed by atoms with E-state index in [0.29, 0.717) is 48.1 Å². The number of carbonyl (C=O) groups is 3. The summed E-state index contributed by atoms with van der Waals surface area (Å²) in [5.74, 6) is 1.18. The molecule has 3 unspecified atom stereocenters. The minimum Gasteiger partial charge on any atom is -0.481 e. The van der Waals surface area contributed by atoms with E-state index < -0.39 is 11.9 Å². The van der Waals surface area contributed by atoms with E-state index >= 15 is 0 Å². The van der Waals surface area contributed by atoms with Crippen LogP contribution in [0.25, 0.3) is 0 Å². The Morgan fingerprint density at radius 3 is 2.52 bits per heavy atom. The first kappa shape index (κ1) is 24.4. The summed E-state index contributed by atoms with van der Waals surface area (Å²) in [7, 11) is 0. The Morgan fingerprint density at radius 2 is 1.85 bits per heavy atom. The summed E-state index contributed by atoms with van der Waals surface area (Å²) < 4.78 is 0. The number of fused-ring (bicyclic) bond motifs is 4. The van der Waals surface area contributed by atoms with Gasteiger partial charge in [-0.2, -0.15) is 0 Å². The van der Waals surface area contributed by atoms with Gasteiger partial charge >= 0.3 is 5.97 Å². The molecule has 1 N–H and O–H groups in total. The topological polar surface area (TPSA) is 71.4 Å². The summed E-state index contributed by atoms with van der Waals surface area (Å²) in [4.78, 5) is 37.5. The van der Waals surface area contributed by atoms with Gasteiger partial charge in [-0.1, -0.05) is 45.4 Å². The fraction of sp³-hybridized carbons (Fsp3) is 0.759. The van der Waals surface area contributed by atoms with Gasteiger partial charge in [-0.3, -0.25) is 14.4 Å². The van der Waals surface area contributed by atoms with E-state index in [1.54, 1.807) is 6.92 Å². The molecule has 0 spiro atoms. The van der Waals surface area contributed by atoms with Crippen molar-refractivity contribution in [3.63, 3.8) is 0 Å². The molecular weight excluding hydrogens is 412 g/mol. The number of rotatable bonds is 6. The fourth-order valence-electron chi connectivity index (χ4n) is 8.56. The highest BCUT2D eigenvalue weighted by Gasteiger charge is 2.59. The molecule has 0 saturated heterocycles. The van der Waals surface area contributed by atoms with Crippen molar-refractivity contribution in [3.8, 4) is 0 Å². The van der Waals surface area contributed by atoms with Crippen molar-refractivity contribution in [1.82, 2.24) is 0 Å². The minimum atomic E-state index is -0.805. The highest BCUT2D eigenvalue weighted by Crippen LogP contribution is 2.65. The molecule has 0 aromatic rings. The molecule has 2 saturated carbocycles. The molecule has 0 amide bonds. The molecule has 4 heteroatoms. The van der Waals surface area contributed by atoms with E-state index in [4.69, 9.17) is 0 Å². The van der Waals surface area contributed by atoms with Crippen LogP contribution >= 0.6 is 0 Å². The molecule has 2 fully saturated rings. The third kappa shape index (κ3) is 3.76. The molecule has 0 aromatic carbocycles. The van der Waals surface area contributed by atoms with Crippen LogP contribution in [-0.4, -0.2) is 22.6 Å². The first-order valence-electron chi connectivity index (χ1n) is 13.1. The monoisotopic (exact) mass is 454 g/mol. The van der Waals surface area contributed by atoms with Crippen LogP contribution in [0.4, 0.5) is 0 Å². The van der Waals surface area contributed by atoms with Gasteiger partial charge in [0.05, 0.1) is 5.92 Å². The Labute approximate surface area is 199 Å². The van der Waals surface area contributed by atoms with E-state index in [1.807, 2.05) is 0 Å². The van der Waals surface area contributed by atoms with Crippen molar-refractivity contribution in [2.45, 2.75) is 92.4 Å². The third-order valence-electron chi connectivity index (χ3n) is 10.7. The van der Waals surface area contributed by atoms with Gasteiger partial charge in [-0.25, -0.2) is 0 Å². The Morgan fingerprint density at radius 1 is 1.15 bits per heavy atom.